The summed E-state index contributed by atoms with van der Waals surface area (Å²) in [7, 11) is 0. The van der Waals surface area contributed by atoms with Gasteiger partial charge in [0, 0.05) is 23.2 Å². The molecule has 8 unspecified atom stereocenters. The molecule has 33 heavy (non-hydrogen) atoms. The summed E-state index contributed by atoms with van der Waals surface area (Å²) in [6, 6.07) is 0. The SMILES string of the molecule is C=CC1(C)CC(OC(=O)Cn2nnc(C)c2C)C2(C)C(C)CCC3(CCC(=O)C32)C(C)C1O. The normalized spacial score (nSPS) is 42.9. The molecule has 3 aliphatic carbocycles. The van der Waals surface area contributed by atoms with Crippen molar-refractivity contribution in [1.29, 1.82) is 0 Å². The van der Waals surface area contributed by atoms with E-state index in [0.29, 0.717) is 12.8 Å². The number of aryl methyl sites for hydroxylation is 1. The van der Waals surface area contributed by atoms with E-state index in [1.807, 2.05) is 26.8 Å². The highest BCUT2D eigenvalue weighted by Gasteiger charge is 2.68. The van der Waals surface area contributed by atoms with E-state index in [0.717, 1.165) is 30.7 Å². The Kier molecular flexibility index (Phi) is 5.87. The fourth-order valence-electron chi connectivity index (χ4n) is 7.42. The Morgan fingerprint density at radius 1 is 1.30 bits per heavy atom. The summed E-state index contributed by atoms with van der Waals surface area (Å²) in [4.78, 5) is 26.6. The van der Waals surface area contributed by atoms with Crippen molar-refractivity contribution < 1.29 is 19.4 Å². The van der Waals surface area contributed by atoms with Gasteiger partial charge in [0.25, 0.3) is 0 Å². The zero-order valence-electron chi connectivity index (χ0n) is 20.9. The number of aliphatic hydroxyl groups is 1. The smallest absolute Gasteiger partial charge is 0.328 e. The lowest BCUT2D eigenvalue weighted by Gasteiger charge is -2.61. The lowest BCUT2D eigenvalue weighted by molar-refractivity contribution is -0.207. The summed E-state index contributed by atoms with van der Waals surface area (Å²) in [6.07, 6.45) is 4.28. The molecule has 2 bridgehead atoms. The molecular formula is C26H39N3O4. The van der Waals surface area contributed by atoms with Gasteiger partial charge in [0.05, 0.1) is 17.5 Å². The van der Waals surface area contributed by atoms with Crippen molar-refractivity contribution in [2.24, 2.45) is 34.0 Å². The predicted molar refractivity (Wildman–Crippen MR) is 124 cm³/mol. The average Bonchev–Trinajstić information content (AvgIpc) is 3.29. The molecule has 1 N–H and O–H groups in total. The molecule has 0 amide bonds. The molecule has 8 atom stereocenters. The second-order valence-corrected chi connectivity index (χ2v) is 11.5. The molecule has 7 heteroatoms. The van der Waals surface area contributed by atoms with Crippen LogP contribution < -0.4 is 0 Å². The third-order valence-electron chi connectivity index (χ3n) is 10.1. The molecule has 3 aliphatic rings. The molecule has 182 valence electrons. The maximum absolute atomic E-state index is 13.4. The van der Waals surface area contributed by atoms with Crippen LogP contribution in [0.1, 0.15) is 71.2 Å². The van der Waals surface area contributed by atoms with E-state index in [1.54, 1.807) is 4.68 Å². The summed E-state index contributed by atoms with van der Waals surface area (Å²) >= 11 is 0. The highest BCUT2D eigenvalue weighted by molar-refractivity contribution is 5.85. The first-order chi connectivity index (χ1) is 15.4. The van der Waals surface area contributed by atoms with Crippen molar-refractivity contribution in [2.75, 3.05) is 0 Å². The largest absolute Gasteiger partial charge is 0.460 e. The standard InChI is InChI=1S/C26H39N3O4/c1-8-24(6)13-20(33-21(31)14-29-18(5)17(4)27-28-29)25(7)15(2)9-11-26(16(3)23(24)32)12-10-19(30)22(25)26/h8,15-16,20,22-23,32H,1,9-14H2,2-7H3. The number of Topliss-reactive ketones (excluding diaryl/α,β-unsaturated/α-hetero) is 1. The highest BCUT2D eigenvalue weighted by Crippen LogP contribution is 2.67. The van der Waals surface area contributed by atoms with Crippen LogP contribution in [0.25, 0.3) is 0 Å². The Labute approximate surface area is 197 Å². The summed E-state index contributed by atoms with van der Waals surface area (Å²) in [5.41, 5.74) is 0.193. The minimum atomic E-state index is -0.664. The van der Waals surface area contributed by atoms with Crippen LogP contribution in [-0.2, 0) is 20.9 Å². The molecule has 0 aliphatic heterocycles. The van der Waals surface area contributed by atoms with Crippen LogP contribution in [0.15, 0.2) is 12.7 Å². The Bertz CT molecular complexity index is 973. The molecule has 3 saturated carbocycles. The van der Waals surface area contributed by atoms with Crippen LogP contribution in [0.4, 0.5) is 0 Å². The van der Waals surface area contributed by atoms with Gasteiger partial charge in [-0.25, -0.2) is 4.68 Å². The number of carbonyl (C=O) groups is 2. The Hall–Kier alpha value is -2.02. The number of ether oxygens (including phenoxy) is 1. The van der Waals surface area contributed by atoms with Crippen molar-refractivity contribution in [1.82, 2.24) is 15.0 Å². The van der Waals surface area contributed by atoms with E-state index in [9.17, 15) is 14.7 Å². The zero-order valence-corrected chi connectivity index (χ0v) is 20.9. The Morgan fingerprint density at radius 2 is 2.00 bits per heavy atom. The van der Waals surface area contributed by atoms with Crippen LogP contribution in [0, 0.1) is 47.8 Å². The summed E-state index contributed by atoms with van der Waals surface area (Å²) in [6.45, 7) is 16.2. The maximum atomic E-state index is 13.4. The maximum Gasteiger partial charge on any atom is 0.328 e. The second kappa shape index (κ2) is 8.03. The van der Waals surface area contributed by atoms with E-state index in [1.165, 1.54) is 0 Å². The molecule has 0 aromatic carbocycles. The van der Waals surface area contributed by atoms with Gasteiger partial charge in [-0.1, -0.05) is 39.0 Å². The van der Waals surface area contributed by atoms with E-state index < -0.39 is 29.0 Å². The molecule has 7 nitrogen and oxygen atoms in total. The second-order valence-electron chi connectivity index (χ2n) is 11.5. The van der Waals surface area contributed by atoms with Crippen molar-refractivity contribution in [3.63, 3.8) is 0 Å². The summed E-state index contributed by atoms with van der Waals surface area (Å²) < 4.78 is 7.81. The molecule has 4 rings (SSSR count). The highest BCUT2D eigenvalue weighted by atomic mass is 16.5. The number of esters is 1. The Balaban J connectivity index is 1.77. The number of aromatic nitrogens is 3. The van der Waals surface area contributed by atoms with Gasteiger partial charge >= 0.3 is 5.97 Å². The number of hydrogen-bond donors (Lipinski definition) is 1. The number of carbonyl (C=O) groups excluding carboxylic acids is 2. The van der Waals surface area contributed by atoms with E-state index in [2.05, 4.69) is 37.7 Å². The third kappa shape index (κ3) is 3.41. The summed E-state index contributed by atoms with van der Waals surface area (Å²) in [5, 5.41) is 19.7. The fourth-order valence-corrected chi connectivity index (χ4v) is 7.42. The van der Waals surface area contributed by atoms with Gasteiger partial charge in [-0.05, 0) is 56.8 Å². The number of nitrogens with zero attached hydrogens (tertiary/aromatic N) is 3. The first-order valence-corrected chi connectivity index (χ1v) is 12.3. The quantitative estimate of drug-likeness (QED) is 0.546. The first-order valence-electron chi connectivity index (χ1n) is 12.3. The van der Waals surface area contributed by atoms with Gasteiger partial charge < -0.3 is 9.84 Å². The van der Waals surface area contributed by atoms with Gasteiger partial charge in [-0.2, -0.15) is 0 Å². The van der Waals surface area contributed by atoms with E-state index in [4.69, 9.17) is 4.74 Å². The van der Waals surface area contributed by atoms with Crippen LogP contribution in [0.5, 0.6) is 0 Å². The summed E-state index contributed by atoms with van der Waals surface area (Å²) in [5.74, 6) is -0.184. The molecular weight excluding hydrogens is 418 g/mol. The molecule has 0 spiro atoms. The zero-order chi connectivity index (χ0) is 24.3. The van der Waals surface area contributed by atoms with Crippen molar-refractivity contribution in [3.8, 4) is 0 Å². The minimum absolute atomic E-state index is 0.0266. The third-order valence-corrected chi connectivity index (χ3v) is 10.1. The van der Waals surface area contributed by atoms with Crippen LogP contribution in [0.3, 0.4) is 0 Å². The first kappa shape index (κ1) is 24.1. The topological polar surface area (TPSA) is 94.3 Å². The molecule has 1 heterocycles. The monoisotopic (exact) mass is 457 g/mol. The predicted octanol–water partition coefficient (Wildman–Crippen LogP) is 3.80. The van der Waals surface area contributed by atoms with Gasteiger partial charge in [-0.15, -0.1) is 11.7 Å². The van der Waals surface area contributed by atoms with Gasteiger partial charge in [0.2, 0.25) is 0 Å². The van der Waals surface area contributed by atoms with Crippen molar-refractivity contribution in [3.05, 3.63) is 24.0 Å². The van der Waals surface area contributed by atoms with Crippen molar-refractivity contribution in [2.45, 2.75) is 92.4 Å². The molecule has 0 radical (unpaired) electrons. The molecule has 1 aromatic rings. The van der Waals surface area contributed by atoms with Gasteiger partial charge in [0.15, 0.2) is 0 Å². The molecule has 3 fully saturated rings. The van der Waals surface area contributed by atoms with E-state index in [-0.39, 0.29) is 35.5 Å². The number of rotatable bonds is 4. The van der Waals surface area contributed by atoms with Crippen LogP contribution >= 0.6 is 0 Å². The average molecular weight is 458 g/mol. The lowest BCUT2D eigenvalue weighted by Crippen LogP contribution is -2.63. The van der Waals surface area contributed by atoms with Gasteiger partial charge in [-0.3, -0.25) is 9.59 Å². The lowest BCUT2D eigenvalue weighted by atomic mass is 9.44. The minimum Gasteiger partial charge on any atom is -0.460 e. The number of ketones is 1. The van der Waals surface area contributed by atoms with E-state index >= 15 is 0 Å². The Morgan fingerprint density at radius 3 is 2.61 bits per heavy atom. The van der Waals surface area contributed by atoms with Crippen LogP contribution in [-0.4, -0.2) is 44.1 Å². The van der Waals surface area contributed by atoms with Crippen molar-refractivity contribution >= 4 is 11.8 Å². The number of aliphatic hydroxyl groups excluding tert-OH is 1. The molecule has 0 saturated heterocycles. The fraction of sp³-hybridized carbons (Fsp3) is 0.769. The van der Waals surface area contributed by atoms with Gasteiger partial charge in [0.1, 0.15) is 18.4 Å². The number of hydrogen-bond acceptors (Lipinski definition) is 6. The van der Waals surface area contributed by atoms with Crippen LogP contribution in [0.2, 0.25) is 0 Å². The molecule has 1 aromatic heterocycles.